The molecule has 0 aromatic rings. The highest BCUT2D eigenvalue weighted by atomic mass is 16.3. The average Bonchev–Trinajstić information content (AvgIpc) is 3.10. The van der Waals surface area contributed by atoms with Crippen LogP contribution in [0.2, 0.25) is 0 Å². The maximum Gasteiger partial charge on any atom is 0.186 e. The number of hydrogen-bond acceptors (Lipinski definition) is 3. The van der Waals surface area contributed by atoms with Gasteiger partial charge in [0, 0.05) is 0 Å². The van der Waals surface area contributed by atoms with Crippen molar-refractivity contribution in [2.75, 3.05) is 6.61 Å². The lowest BCUT2D eigenvalue weighted by Crippen LogP contribution is -2.23. The Morgan fingerprint density at radius 3 is 2.69 bits per heavy atom. The number of ketones is 1. The molecular formula is C23H40O3. The van der Waals surface area contributed by atoms with Gasteiger partial charge in [-0.15, -0.1) is 6.58 Å². The van der Waals surface area contributed by atoms with Crippen molar-refractivity contribution in [1.29, 1.82) is 0 Å². The van der Waals surface area contributed by atoms with E-state index in [-0.39, 0.29) is 0 Å². The second kappa shape index (κ2) is 14.2. The van der Waals surface area contributed by atoms with Crippen LogP contribution in [-0.4, -0.2) is 28.7 Å². The molecule has 3 heteroatoms. The van der Waals surface area contributed by atoms with Crippen LogP contribution in [0, 0.1) is 17.8 Å². The van der Waals surface area contributed by atoms with E-state index in [0.29, 0.717) is 12.3 Å². The van der Waals surface area contributed by atoms with Crippen LogP contribution in [0.25, 0.3) is 0 Å². The zero-order valence-electron chi connectivity index (χ0n) is 16.7. The van der Waals surface area contributed by atoms with Crippen LogP contribution in [0.15, 0.2) is 24.8 Å². The topological polar surface area (TPSA) is 57.5 Å². The summed E-state index contributed by atoms with van der Waals surface area (Å²) in [5.41, 5.74) is 0. The normalized spacial score (nSPS) is 22.6. The average molecular weight is 365 g/mol. The number of hydrogen-bond donors (Lipinski definition) is 2. The predicted molar refractivity (Wildman–Crippen MR) is 109 cm³/mol. The molecule has 0 saturated heterocycles. The van der Waals surface area contributed by atoms with Gasteiger partial charge >= 0.3 is 0 Å². The van der Waals surface area contributed by atoms with Gasteiger partial charge < -0.3 is 10.2 Å². The van der Waals surface area contributed by atoms with Gasteiger partial charge in [-0.05, 0) is 56.3 Å². The summed E-state index contributed by atoms with van der Waals surface area (Å²) < 4.78 is 0. The maximum atomic E-state index is 11.1. The summed E-state index contributed by atoms with van der Waals surface area (Å²) in [4.78, 5) is 11.1. The Morgan fingerprint density at radius 2 is 2.00 bits per heavy atom. The zero-order chi connectivity index (χ0) is 19.2. The summed E-state index contributed by atoms with van der Waals surface area (Å²) in [7, 11) is 0. The minimum Gasteiger partial charge on any atom is -0.388 e. The molecule has 1 aliphatic rings. The largest absolute Gasteiger partial charge is 0.388 e. The van der Waals surface area contributed by atoms with Gasteiger partial charge in [0.1, 0.15) is 12.7 Å². The summed E-state index contributed by atoms with van der Waals surface area (Å²) in [5, 5.41) is 18.3. The summed E-state index contributed by atoms with van der Waals surface area (Å²) in [6.07, 6.45) is 19.7. The number of carbonyl (C=O) groups is 1. The van der Waals surface area contributed by atoms with Gasteiger partial charge in [0.05, 0.1) is 0 Å². The first-order valence-corrected chi connectivity index (χ1v) is 10.7. The second-order valence-electron chi connectivity index (χ2n) is 7.93. The molecule has 2 N–H and O–H groups in total. The van der Waals surface area contributed by atoms with Gasteiger partial charge in [-0.25, -0.2) is 0 Å². The van der Waals surface area contributed by atoms with Gasteiger partial charge in [0.25, 0.3) is 0 Å². The molecule has 1 aliphatic carbocycles. The molecule has 1 fully saturated rings. The Morgan fingerprint density at radius 1 is 1.19 bits per heavy atom. The Kier molecular flexibility index (Phi) is 12.6. The van der Waals surface area contributed by atoms with E-state index < -0.39 is 18.5 Å². The van der Waals surface area contributed by atoms with E-state index >= 15 is 0 Å². The smallest absolute Gasteiger partial charge is 0.186 e. The predicted octanol–water partition coefficient (Wildman–Crippen LogP) is 5.21. The molecule has 0 heterocycles. The molecule has 26 heavy (non-hydrogen) atoms. The van der Waals surface area contributed by atoms with Crippen molar-refractivity contribution in [2.24, 2.45) is 17.8 Å². The standard InChI is InChI=1S/C23H40O3/c1-3-5-11-19(4-2)12-9-14-21-16-10-15-20(21)13-7-6-8-17-22(25)23(26)18-24/h4,9,14,19-22,24-25H,2-3,5-8,10-13,15-18H2,1H3/t19?,20-,21-,22?/m0/s1. The molecule has 0 bridgehead atoms. The number of Topliss-reactive ketones (excluding diaryl/α,β-unsaturated/α-hetero) is 1. The molecule has 0 spiro atoms. The molecule has 3 nitrogen and oxygen atoms in total. The van der Waals surface area contributed by atoms with E-state index in [9.17, 15) is 9.90 Å². The van der Waals surface area contributed by atoms with Crippen molar-refractivity contribution in [3.63, 3.8) is 0 Å². The Hall–Kier alpha value is -0.930. The van der Waals surface area contributed by atoms with Gasteiger partial charge in [-0.2, -0.15) is 0 Å². The summed E-state index contributed by atoms with van der Waals surface area (Å²) in [6, 6.07) is 0. The van der Waals surface area contributed by atoms with Gasteiger partial charge in [-0.3, -0.25) is 4.79 Å². The first kappa shape index (κ1) is 23.1. The minimum absolute atomic E-state index is 0.456. The summed E-state index contributed by atoms with van der Waals surface area (Å²) in [5.74, 6) is 1.70. The molecule has 4 atom stereocenters. The number of aliphatic hydroxyl groups excluding tert-OH is 2. The second-order valence-corrected chi connectivity index (χ2v) is 7.93. The molecule has 1 rings (SSSR count). The highest BCUT2D eigenvalue weighted by Crippen LogP contribution is 2.36. The van der Waals surface area contributed by atoms with Crippen LogP contribution in [-0.2, 0) is 4.79 Å². The molecule has 0 amide bonds. The fraction of sp³-hybridized carbons (Fsp3) is 0.783. The fourth-order valence-corrected chi connectivity index (χ4v) is 4.09. The summed E-state index contributed by atoms with van der Waals surface area (Å²) >= 11 is 0. The molecule has 0 aromatic heterocycles. The number of carbonyl (C=O) groups excluding carboxylic acids is 1. The first-order chi connectivity index (χ1) is 12.6. The summed E-state index contributed by atoms with van der Waals surface area (Å²) in [6.45, 7) is 5.67. The van der Waals surface area contributed by atoms with Crippen LogP contribution in [0.4, 0.5) is 0 Å². The molecule has 150 valence electrons. The zero-order valence-corrected chi connectivity index (χ0v) is 16.7. The number of aliphatic hydroxyl groups is 2. The lowest BCUT2D eigenvalue weighted by Gasteiger charge is -2.17. The van der Waals surface area contributed by atoms with E-state index in [1.54, 1.807) is 0 Å². The van der Waals surface area contributed by atoms with Crippen LogP contribution in [0.3, 0.4) is 0 Å². The molecule has 0 radical (unpaired) electrons. The third-order valence-electron chi connectivity index (χ3n) is 5.88. The van der Waals surface area contributed by atoms with E-state index in [4.69, 9.17) is 5.11 Å². The molecule has 2 unspecified atom stereocenters. The highest BCUT2D eigenvalue weighted by Gasteiger charge is 2.24. The molecule has 0 aliphatic heterocycles. The monoisotopic (exact) mass is 364 g/mol. The molecular weight excluding hydrogens is 324 g/mol. The minimum atomic E-state index is -0.979. The molecule has 1 saturated carbocycles. The van der Waals surface area contributed by atoms with E-state index in [2.05, 4.69) is 31.7 Å². The first-order valence-electron chi connectivity index (χ1n) is 10.7. The van der Waals surface area contributed by atoms with Crippen molar-refractivity contribution in [3.8, 4) is 0 Å². The Labute approximate surface area is 160 Å². The Bertz CT molecular complexity index is 416. The number of allylic oxidation sites excluding steroid dienone is 3. The SMILES string of the molecule is C=CC(CC=C[C@H]1CCC[C@@H]1CCCCCC(O)C(=O)CO)CCCC. The van der Waals surface area contributed by atoms with Crippen molar-refractivity contribution >= 4 is 5.78 Å². The van der Waals surface area contributed by atoms with Crippen molar-refractivity contribution in [3.05, 3.63) is 24.8 Å². The molecule has 0 aromatic carbocycles. The van der Waals surface area contributed by atoms with E-state index in [1.165, 1.54) is 51.4 Å². The fourth-order valence-electron chi connectivity index (χ4n) is 4.09. The maximum absolute atomic E-state index is 11.1. The lowest BCUT2D eigenvalue weighted by molar-refractivity contribution is -0.130. The number of unbranched alkanes of at least 4 members (excludes halogenated alkanes) is 3. The van der Waals surface area contributed by atoms with Crippen LogP contribution in [0.1, 0.15) is 84.0 Å². The number of rotatable bonds is 15. The van der Waals surface area contributed by atoms with Gasteiger partial charge in [0.2, 0.25) is 0 Å². The van der Waals surface area contributed by atoms with E-state index in [1.807, 2.05) is 0 Å². The third kappa shape index (κ3) is 9.14. The van der Waals surface area contributed by atoms with Crippen LogP contribution in [0.5, 0.6) is 0 Å². The van der Waals surface area contributed by atoms with Crippen molar-refractivity contribution in [1.82, 2.24) is 0 Å². The van der Waals surface area contributed by atoms with E-state index in [0.717, 1.165) is 31.1 Å². The third-order valence-corrected chi connectivity index (χ3v) is 5.88. The van der Waals surface area contributed by atoms with Crippen LogP contribution >= 0.6 is 0 Å². The lowest BCUT2D eigenvalue weighted by atomic mass is 9.89. The van der Waals surface area contributed by atoms with Crippen molar-refractivity contribution < 1.29 is 15.0 Å². The van der Waals surface area contributed by atoms with Gasteiger partial charge in [-0.1, -0.05) is 63.7 Å². The highest BCUT2D eigenvalue weighted by molar-refractivity contribution is 5.83. The Balaban J connectivity index is 2.23. The van der Waals surface area contributed by atoms with Crippen LogP contribution < -0.4 is 0 Å². The van der Waals surface area contributed by atoms with Gasteiger partial charge in [0.15, 0.2) is 5.78 Å². The quantitative estimate of drug-likeness (QED) is 0.310. The van der Waals surface area contributed by atoms with Crippen molar-refractivity contribution in [2.45, 2.75) is 90.1 Å².